The third kappa shape index (κ3) is 2.20. The quantitative estimate of drug-likeness (QED) is 0.746. The van der Waals surface area contributed by atoms with Crippen LogP contribution < -0.4 is 0 Å². The fraction of sp³-hybridized carbons (Fsp3) is 0.385. The first-order chi connectivity index (χ1) is 7.19. The molecule has 0 unspecified atom stereocenters. The Balaban J connectivity index is 2.37. The van der Waals surface area contributed by atoms with Gasteiger partial charge in [-0.1, -0.05) is 19.9 Å². The summed E-state index contributed by atoms with van der Waals surface area (Å²) < 4.78 is 2.03. The molecule has 1 heterocycles. The number of rotatable bonds is 3. The number of hydrogen-bond acceptors (Lipinski definition) is 1. The fourth-order valence-corrected chi connectivity index (χ4v) is 1.75. The summed E-state index contributed by atoms with van der Waals surface area (Å²) in [6, 6.07) is 6.35. The van der Waals surface area contributed by atoms with Gasteiger partial charge in [0.05, 0.1) is 5.52 Å². The van der Waals surface area contributed by atoms with Crippen LogP contribution in [0.15, 0.2) is 24.4 Å². The Morgan fingerprint density at radius 1 is 1.40 bits per heavy atom. The normalized spacial score (nSPS) is 11.5. The minimum Gasteiger partial charge on any atom is -0.271 e. The van der Waals surface area contributed by atoms with E-state index in [0.717, 1.165) is 18.5 Å². The summed E-state index contributed by atoms with van der Waals surface area (Å²) in [5, 5.41) is 5.74. The van der Waals surface area contributed by atoms with Crippen molar-refractivity contribution < 1.29 is 0 Å². The van der Waals surface area contributed by atoms with Gasteiger partial charge < -0.3 is 0 Å². The van der Waals surface area contributed by atoms with E-state index in [2.05, 4.69) is 50.3 Å². The van der Waals surface area contributed by atoms with Gasteiger partial charge in [-0.05, 0) is 37.0 Å². The monoisotopic (exact) mass is 201 g/mol. The highest BCUT2D eigenvalue weighted by atomic mass is 15.3. The lowest BCUT2D eigenvalue weighted by Crippen LogP contribution is -2.04. The van der Waals surface area contributed by atoms with Crippen molar-refractivity contribution >= 4 is 10.9 Å². The number of fused-ring (bicyclic) bond motifs is 1. The molecular formula is C13H17N2. The first-order valence-electron chi connectivity index (χ1n) is 5.44. The Kier molecular flexibility index (Phi) is 2.76. The van der Waals surface area contributed by atoms with Crippen LogP contribution in [0.2, 0.25) is 0 Å². The summed E-state index contributed by atoms with van der Waals surface area (Å²) >= 11 is 0. The maximum atomic E-state index is 4.52. The molecule has 0 fully saturated rings. The van der Waals surface area contributed by atoms with Crippen molar-refractivity contribution in [2.24, 2.45) is 5.92 Å². The number of aromatic nitrogens is 2. The predicted molar refractivity (Wildman–Crippen MR) is 63.6 cm³/mol. The molecule has 0 saturated heterocycles. The van der Waals surface area contributed by atoms with Crippen molar-refractivity contribution in [1.29, 1.82) is 0 Å². The van der Waals surface area contributed by atoms with E-state index in [1.54, 1.807) is 0 Å². The van der Waals surface area contributed by atoms with Crippen LogP contribution in [0.5, 0.6) is 0 Å². The van der Waals surface area contributed by atoms with Crippen molar-refractivity contribution in [3.05, 3.63) is 36.9 Å². The molecule has 0 saturated carbocycles. The fourth-order valence-electron chi connectivity index (χ4n) is 1.75. The van der Waals surface area contributed by atoms with Gasteiger partial charge in [0.1, 0.15) is 0 Å². The first kappa shape index (κ1) is 10.2. The highest BCUT2D eigenvalue weighted by molar-refractivity contribution is 5.78. The highest BCUT2D eigenvalue weighted by Gasteiger charge is 2.02. The summed E-state index contributed by atoms with van der Waals surface area (Å²) in [6.45, 7) is 9.28. The minimum absolute atomic E-state index is 0.631. The van der Waals surface area contributed by atoms with Crippen LogP contribution in [0.3, 0.4) is 0 Å². The molecule has 0 aliphatic heterocycles. The van der Waals surface area contributed by atoms with E-state index >= 15 is 0 Å². The van der Waals surface area contributed by atoms with E-state index in [0.29, 0.717) is 5.92 Å². The van der Waals surface area contributed by atoms with E-state index in [9.17, 15) is 0 Å². The van der Waals surface area contributed by atoms with Gasteiger partial charge in [-0.2, -0.15) is 5.10 Å². The molecule has 1 aromatic carbocycles. The molecule has 1 radical (unpaired) electrons. The Morgan fingerprint density at radius 3 is 2.87 bits per heavy atom. The molecule has 0 spiro atoms. The minimum atomic E-state index is 0.631. The summed E-state index contributed by atoms with van der Waals surface area (Å²) in [6.07, 6.45) is 2.96. The van der Waals surface area contributed by atoms with Crippen LogP contribution in [0.25, 0.3) is 10.9 Å². The van der Waals surface area contributed by atoms with Gasteiger partial charge in [-0.15, -0.1) is 0 Å². The van der Waals surface area contributed by atoms with Crippen molar-refractivity contribution in [3.63, 3.8) is 0 Å². The molecule has 79 valence electrons. The molecule has 2 nitrogen and oxygen atoms in total. The van der Waals surface area contributed by atoms with Crippen LogP contribution in [0, 0.1) is 12.8 Å². The van der Waals surface area contributed by atoms with E-state index in [4.69, 9.17) is 0 Å². The average Bonchev–Trinajstić information content (AvgIpc) is 2.57. The van der Waals surface area contributed by atoms with Crippen LogP contribution in [-0.2, 0) is 13.0 Å². The zero-order valence-corrected chi connectivity index (χ0v) is 9.40. The zero-order chi connectivity index (χ0) is 10.8. The van der Waals surface area contributed by atoms with Gasteiger partial charge in [0.25, 0.3) is 0 Å². The van der Waals surface area contributed by atoms with E-state index in [1.807, 2.05) is 4.68 Å². The lowest BCUT2D eigenvalue weighted by molar-refractivity contribution is 0.486. The van der Waals surface area contributed by atoms with E-state index in [1.165, 1.54) is 10.9 Å². The van der Waals surface area contributed by atoms with Crippen molar-refractivity contribution in [2.75, 3.05) is 0 Å². The van der Waals surface area contributed by atoms with Gasteiger partial charge in [-0.3, -0.25) is 4.68 Å². The molecule has 0 aliphatic carbocycles. The lowest BCUT2D eigenvalue weighted by Gasteiger charge is -2.02. The number of hydrogen-bond donors (Lipinski definition) is 0. The maximum Gasteiger partial charge on any atom is 0.0923 e. The van der Waals surface area contributed by atoms with E-state index in [-0.39, 0.29) is 0 Å². The SMILES string of the molecule is [CH2]Cc1ccc2nn(CC(C)C)cc2c1. The molecular weight excluding hydrogens is 184 g/mol. The van der Waals surface area contributed by atoms with Gasteiger partial charge >= 0.3 is 0 Å². The summed E-state index contributed by atoms with van der Waals surface area (Å²) in [7, 11) is 0. The lowest BCUT2D eigenvalue weighted by atomic mass is 10.1. The van der Waals surface area contributed by atoms with Crippen molar-refractivity contribution in [2.45, 2.75) is 26.8 Å². The van der Waals surface area contributed by atoms with Crippen LogP contribution in [0.1, 0.15) is 19.4 Å². The third-order valence-corrected chi connectivity index (χ3v) is 2.46. The van der Waals surface area contributed by atoms with Crippen LogP contribution in [0.4, 0.5) is 0 Å². The smallest absolute Gasteiger partial charge is 0.0923 e. The van der Waals surface area contributed by atoms with Crippen LogP contribution in [-0.4, -0.2) is 9.78 Å². The molecule has 2 rings (SSSR count). The van der Waals surface area contributed by atoms with Crippen LogP contribution >= 0.6 is 0 Å². The van der Waals surface area contributed by atoms with Gasteiger partial charge in [0, 0.05) is 18.1 Å². The topological polar surface area (TPSA) is 17.8 Å². The second-order valence-corrected chi connectivity index (χ2v) is 4.39. The molecule has 2 aromatic rings. The molecule has 2 heteroatoms. The van der Waals surface area contributed by atoms with Crippen molar-refractivity contribution in [3.8, 4) is 0 Å². The van der Waals surface area contributed by atoms with Crippen molar-refractivity contribution in [1.82, 2.24) is 9.78 Å². The Labute approximate surface area is 90.9 Å². The largest absolute Gasteiger partial charge is 0.271 e. The second-order valence-electron chi connectivity index (χ2n) is 4.39. The first-order valence-corrected chi connectivity index (χ1v) is 5.44. The summed E-state index contributed by atoms with van der Waals surface area (Å²) in [5.41, 5.74) is 2.35. The molecule has 15 heavy (non-hydrogen) atoms. The third-order valence-electron chi connectivity index (χ3n) is 2.46. The molecule has 0 aliphatic rings. The van der Waals surface area contributed by atoms with Gasteiger partial charge in [0.15, 0.2) is 0 Å². The number of nitrogens with zero attached hydrogens (tertiary/aromatic N) is 2. The molecule has 0 bridgehead atoms. The molecule has 0 N–H and O–H groups in total. The molecule has 0 atom stereocenters. The predicted octanol–water partition coefficient (Wildman–Crippen LogP) is 3.07. The maximum absolute atomic E-state index is 4.52. The van der Waals surface area contributed by atoms with E-state index < -0.39 is 0 Å². The summed E-state index contributed by atoms with van der Waals surface area (Å²) in [5.74, 6) is 0.631. The number of benzene rings is 1. The Morgan fingerprint density at radius 2 is 2.20 bits per heavy atom. The molecule has 0 amide bonds. The Hall–Kier alpha value is -1.31. The zero-order valence-electron chi connectivity index (χ0n) is 9.40. The standard InChI is InChI=1S/C13H17N2/c1-4-11-5-6-13-12(7-11)9-15(14-13)8-10(2)3/h5-7,9-10H,1,4,8H2,2-3H3. The highest BCUT2D eigenvalue weighted by Crippen LogP contribution is 2.15. The summed E-state index contributed by atoms with van der Waals surface area (Å²) in [4.78, 5) is 0. The Bertz CT molecular complexity index is 455. The van der Waals surface area contributed by atoms with Gasteiger partial charge in [-0.25, -0.2) is 0 Å². The van der Waals surface area contributed by atoms with Gasteiger partial charge in [0.2, 0.25) is 0 Å². The second kappa shape index (κ2) is 4.05. The average molecular weight is 201 g/mol. The molecule has 1 aromatic heterocycles.